The van der Waals surface area contributed by atoms with Crippen LogP contribution in [0.15, 0.2) is 12.4 Å². The second-order valence-corrected chi connectivity index (χ2v) is 3.10. The van der Waals surface area contributed by atoms with Crippen LogP contribution in [0, 0.1) is 22.7 Å². The first-order valence-corrected chi connectivity index (χ1v) is 4.75. The van der Waals surface area contributed by atoms with Crippen LogP contribution in [-0.4, -0.2) is 35.0 Å². The Morgan fingerprint density at radius 1 is 1.25 bits per heavy atom. The zero-order valence-corrected chi connectivity index (χ0v) is 9.01. The summed E-state index contributed by atoms with van der Waals surface area (Å²) in [5.74, 6) is 0.691. The molecule has 0 amide bonds. The Hall–Kier alpha value is -2.18. The van der Waals surface area contributed by atoms with E-state index >= 15 is 0 Å². The maximum absolute atomic E-state index is 8.58. The summed E-state index contributed by atoms with van der Waals surface area (Å²) in [6, 6.07) is 4.02. The van der Waals surface area contributed by atoms with Crippen molar-refractivity contribution in [3.63, 3.8) is 0 Å². The molecule has 1 aromatic rings. The van der Waals surface area contributed by atoms with E-state index in [9.17, 15) is 0 Å². The molecule has 0 atom stereocenters. The second kappa shape index (κ2) is 6.33. The minimum Gasteiger partial charge on any atom is -0.372 e. The van der Waals surface area contributed by atoms with Crippen molar-refractivity contribution in [3.8, 4) is 12.1 Å². The van der Waals surface area contributed by atoms with Crippen LogP contribution < -0.4 is 5.32 Å². The van der Waals surface area contributed by atoms with Gasteiger partial charge in [-0.2, -0.15) is 10.5 Å². The van der Waals surface area contributed by atoms with Gasteiger partial charge in [-0.1, -0.05) is 0 Å². The number of hydrogen-bond donors (Lipinski definition) is 1. The van der Waals surface area contributed by atoms with Crippen LogP contribution in [0.4, 0.5) is 5.82 Å². The lowest BCUT2D eigenvalue weighted by atomic mass is 10.4. The number of aromatic nitrogens is 2. The van der Waals surface area contributed by atoms with Crippen molar-refractivity contribution >= 4 is 5.82 Å². The molecule has 0 saturated heterocycles. The van der Waals surface area contributed by atoms with E-state index in [1.165, 1.54) is 0 Å². The van der Waals surface area contributed by atoms with Crippen molar-refractivity contribution in [3.05, 3.63) is 18.1 Å². The summed E-state index contributed by atoms with van der Waals surface area (Å²) in [4.78, 5) is 9.97. The number of hydrogen-bond acceptors (Lipinski definition) is 6. The van der Waals surface area contributed by atoms with Crippen molar-refractivity contribution in [2.24, 2.45) is 0 Å². The molecule has 0 spiro atoms. The fourth-order valence-corrected chi connectivity index (χ4v) is 1.16. The highest BCUT2D eigenvalue weighted by molar-refractivity contribution is 5.29. The highest BCUT2D eigenvalue weighted by atomic mass is 15.1. The Morgan fingerprint density at radius 3 is 2.38 bits per heavy atom. The highest BCUT2D eigenvalue weighted by Gasteiger charge is 2.06. The van der Waals surface area contributed by atoms with Gasteiger partial charge in [0.05, 0.1) is 43.3 Å². The molecule has 0 fully saturated rings. The first kappa shape index (κ1) is 11.9. The minimum absolute atomic E-state index is 0.211. The molecule has 16 heavy (non-hydrogen) atoms. The van der Waals surface area contributed by atoms with E-state index in [4.69, 9.17) is 10.5 Å². The lowest BCUT2D eigenvalue weighted by Crippen LogP contribution is -2.24. The van der Waals surface area contributed by atoms with Gasteiger partial charge in [0.2, 0.25) is 0 Å². The van der Waals surface area contributed by atoms with Crippen LogP contribution in [0.25, 0.3) is 0 Å². The van der Waals surface area contributed by atoms with Gasteiger partial charge in [0.1, 0.15) is 5.82 Å². The summed E-state index contributed by atoms with van der Waals surface area (Å²) >= 11 is 0. The van der Waals surface area contributed by atoms with Crippen LogP contribution >= 0.6 is 0 Å². The van der Waals surface area contributed by atoms with Crippen LogP contribution in [0.3, 0.4) is 0 Å². The fourth-order valence-electron chi connectivity index (χ4n) is 1.16. The molecule has 1 heterocycles. The van der Waals surface area contributed by atoms with Crippen molar-refractivity contribution in [1.82, 2.24) is 14.9 Å². The molecule has 0 aromatic carbocycles. The van der Waals surface area contributed by atoms with Gasteiger partial charge >= 0.3 is 0 Å². The number of nitrogens with zero attached hydrogens (tertiary/aromatic N) is 5. The quantitative estimate of drug-likeness (QED) is 0.715. The Kier molecular flexibility index (Phi) is 4.71. The molecule has 6 nitrogen and oxygen atoms in total. The molecule has 0 bridgehead atoms. The van der Waals surface area contributed by atoms with Gasteiger partial charge in [-0.15, -0.1) is 0 Å². The molecule has 6 heteroatoms. The maximum atomic E-state index is 8.58. The number of anilines is 1. The van der Waals surface area contributed by atoms with Crippen molar-refractivity contribution in [1.29, 1.82) is 10.5 Å². The Bertz CT molecular complexity index is 383. The highest BCUT2D eigenvalue weighted by Crippen LogP contribution is 2.02. The first-order valence-electron chi connectivity index (χ1n) is 4.75. The molecule has 0 unspecified atom stereocenters. The molecule has 82 valence electrons. The summed E-state index contributed by atoms with van der Waals surface area (Å²) in [5, 5.41) is 20.0. The molecule has 0 saturated carbocycles. The average Bonchev–Trinajstić information content (AvgIpc) is 2.31. The average molecular weight is 216 g/mol. The lowest BCUT2D eigenvalue weighted by molar-refractivity contribution is 0.330. The molecular weight excluding hydrogens is 204 g/mol. The topological polar surface area (TPSA) is 88.6 Å². The predicted octanol–water partition coefficient (Wildman–Crippen LogP) is 0.367. The zero-order chi connectivity index (χ0) is 11.8. The van der Waals surface area contributed by atoms with E-state index in [-0.39, 0.29) is 13.1 Å². The Balaban J connectivity index is 2.63. The normalized spacial score (nSPS) is 9.50. The van der Waals surface area contributed by atoms with Gasteiger partial charge in [0.25, 0.3) is 0 Å². The van der Waals surface area contributed by atoms with Crippen LogP contribution in [-0.2, 0) is 6.54 Å². The van der Waals surface area contributed by atoms with E-state index in [0.29, 0.717) is 12.4 Å². The SMILES string of the molecule is CNc1cnc(CN(CC#N)CC#N)cn1. The van der Waals surface area contributed by atoms with Crippen LogP contribution in [0.1, 0.15) is 5.69 Å². The van der Waals surface area contributed by atoms with Crippen molar-refractivity contribution in [2.75, 3.05) is 25.5 Å². The molecule has 0 aliphatic rings. The number of rotatable bonds is 5. The molecular formula is C10H12N6. The summed E-state index contributed by atoms with van der Waals surface area (Å²) in [5.41, 5.74) is 0.740. The van der Waals surface area contributed by atoms with E-state index in [2.05, 4.69) is 15.3 Å². The van der Waals surface area contributed by atoms with Gasteiger partial charge in [0, 0.05) is 13.6 Å². The van der Waals surface area contributed by atoms with Gasteiger partial charge in [-0.25, -0.2) is 4.98 Å². The summed E-state index contributed by atoms with van der Waals surface area (Å²) < 4.78 is 0. The van der Waals surface area contributed by atoms with Gasteiger partial charge < -0.3 is 5.32 Å². The Labute approximate surface area is 94.2 Å². The van der Waals surface area contributed by atoms with Crippen molar-refractivity contribution < 1.29 is 0 Å². The maximum Gasteiger partial charge on any atom is 0.144 e. The molecule has 1 aromatic heterocycles. The summed E-state index contributed by atoms with van der Waals surface area (Å²) in [6.45, 7) is 0.879. The van der Waals surface area contributed by atoms with Gasteiger partial charge in [0.15, 0.2) is 0 Å². The molecule has 0 radical (unpaired) electrons. The third-order valence-electron chi connectivity index (χ3n) is 1.94. The van der Waals surface area contributed by atoms with Crippen LogP contribution in [0.5, 0.6) is 0 Å². The smallest absolute Gasteiger partial charge is 0.144 e. The number of nitriles is 2. The van der Waals surface area contributed by atoms with Gasteiger partial charge in [-0.3, -0.25) is 9.88 Å². The molecule has 1 N–H and O–H groups in total. The van der Waals surface area contributed by atoms with E-state index < -0.39 is 0 Å². The number of nitrogens with one attached hydrogen (secondary N) is 1. The second-order valence-electron chi connectivity index (χ2n) is 3.10. The monoisotopic (exact) mass is 216 g/mol. The van der Waals surface area contributed by atoms with Gasteiger partial charge in [-0.05, 0) is 0 Å². The van der Waals surface area contributed by atoms with E-state index in [0.717, 1.165) is 5.69 Å². The van der Waals surface area contributed by atoms with Crippen LogP contribution in [0.2, 0.25) is 0 Å². The third kappa shape index (κ3) is 3.52. The Morgan fingerprint density at radius 2 is 1.94 bits per heavy atom. The fraction of sp³-hybridized carbons (Fsp3) is 0.400. The predicted molar refractivity (Wildman–Crippen MR) is 58.1 cm³/mol. The molecule has 0 aliphatic carbocycles. The van der Waals surface area contributed by atoms with Crippen molar-refractivity contribution in [2.45, 2.75) is 6.54 Å². The molecule has 0 aliphatic heterocycles. The largest absolute Gasteiger partial charge is 0.372 e. The lowest BCUT2D eigenvalue weighted by Gasteiger charge is -2.13. The summed E-state index contributed by atoms with van der Waals surface area (Å²) in [6.07, 6.45) is 3.25. The minimum atomic E-state index is 0.211. The molecule has 1 rings (SSSR count). The standard InChI is InChI=1S/C10H12N6/c1-13-10-7-14-9(6-15-10)8-16(4-2-11)5-3-12/h6-7H,4-5,8H2,1H3,(H,13,15). The van der Waals surface area contributed by atoms with E-state index in [1.54, 1.807) is 24.3 Å². The summed E-state index contributed by atoms with van der Waals surface area (Å²) in [7, 11) is 1.77. The van der Waals surface area contributed by atoms with E-state index in [1.807, 2.05) is 12.1 Å². The zero-order valence-electron chi connectivity index (χ0n) is 9.01. The first-order chi connectivity index (χ1) is 7.80. The third-order valence-corrected chi connectivity index (χ3v) is 1.94.